The van der Waals surface area contributed by atoms with E-state index in [1.54, 1.807) is 23.1 Å². The van der Waals surface area contributed by atoms with Crippen LogP contribution in [0.3, 0.4) is 0 Å². The SMILES string of the molecule is CCCC1C(=O)Nc2cccc(Br)c2N1C(=O)c1ccc(Cl)nc1. The second-order valence-corrected chi connectivity index (χ2v) is 6.72. The second kappa shape index (κ2) is 6.91. The average molecular weight is 409 g/mol. The first-order valence-corrected chi connectivity index (χ1v) is 8.74. The Kier molecular flexibility index (Phi) is 4.87. The summed E-state index contributed by atoms with van der Waals surface area (Å²) in [6.07, 6.45) is 2.77. The number of anilines is 2. The summed E-state index contributed by atoms with van der Waals surface area (Å²) in [7, 11) is 0. The summed E-state index contributed by atoms with van der Waals surface area (Å²) in [5, 5.41) is 3.20. The maximum absolute atomic E-state index is 13.1. The average Bonchev–Trinajstić information content (AvgIpc) is 2.56. The summed E-state index contributed by atoms with van der Waals surface area (Å²) < 4.78 is 0.747. The van der Waals surface area contributed by atoms with E-state index in [1.165, 1.54) is 6.20 Å². The number of pyridine rings is 1. The first-order valence-electron chi connectivity index (χ1n) is 7.57. The zero-order valence-electron chi connectivity index (χ0n) is 12.9. The maximum atomic E-state index is 13.1. The zero-order valence-corrected chi connectivity index (χ0v) is 15.3. The molecule has 1 aromatic heterocycles. The molecule has 1 N–H and O–H groups in total. The van der Waals surface area contributed by atoms with E-state index in [1.807, 2.05) is 19.1 Å². The van der Waals surface area contributed by atoms with Gasteiger partial charge in [0.05, 0.1) is 16.9 Å². The summed E-state index contributed by atoms with van der Waals surface area (Å²) in [6.45, 7) is 1.98. The Balaban J connectivity index is 2.12. The monoisotopic (exact) mass is 407 g/mol. The third kappa shape index (κ3) is 3.03. The standard InChI is InChI=1S/C17H15BrClN3O2/c1-2-4-13-16(23)21-12-6-3-5-11(18)15(12)22(13)17(24)10-7-8-14(19)20-9-10/h3,5-9,13H,2,4H2,1H3,(H,21,23). The van der Waals surface area contributed by atoms with Crippen molar-refractivity contribution in [3.8, 4) is 0 Å². The molecule has 2 aromatic rings. The van der Waals surface area contributed by atoms with Crippen LogP contribution in [0.4, 0.5) is 11.4 Å². The minimum Gasteiger partial charge on any atom is -0.322 e. The number of hydrogen-bond acceptors (Lipinski definition) is 3. The Labute approximate surface area is 153 Å². The van der Waals surface area contributed by atoms with Gasteiger partial charge in [0, 0.05) is 10.7 Å². The molecule has 0 radical (unpaired) electrons. The van der Waals surface area contributed by atoms with Crippen molar-refractivity contribution in [3.63, 3.8) is 0 Å². The van der Waals surface area contributed by atoms with Gasteiger partial charge < -0.3 is 5.32 Å². The van der Waals surface area contributed by atoms with Crippen LogP contribution in [0.15, 0.2) is 41.0 Å². The second-order valence-electron chi connectivity index (χ2n) is 5.47. The largest absolute Gasteiger partial charge is 0.322 e. The van der Waals surface area contributed by atoms with Gasteiger partial charge in [0.15, 0.2) is 0 Å². The lowest BCUT2D eigenvalue weighted by atomic mass is 10.0. The number of nitrogens with one attached hydrogen (secondary N) is 1. The van der Waals surface area contributed by atoms with Crippen LogP contribution in [-0.4, -0.2) is 22.8 Å². The van der Waals surface area contributed by atoms with Gasteiger partial charge in [-0.3, -0.25) is 14.5 Å². The van der Waals surface area contributed by atoms with Gasteiger partial charge in [-0.25, -0.2) is 4.98 Å². The van der Waals surface area contributed by atoms with Crippen molar-refractivity contribution >= 4 is 50.7 Å². The van der Waals surface area contributed by atoms with Gasteiger partial charge in [-0.05, 0) is 46.6 Å². The lowest BCUT2D eigenvalue weighted by Gasteiger charge is -2.37. The third-order valence-electron chi connectivity index (χ3n) is 3.86. The molecule has 1 aliphatic heterocycles. The molecule has 1 unspecified atom stereocenters. The van der Waals surface area contributed by atoms with E-state index in [9.17, 15) is 9.59 Å². The first kappa shape index (κ1) is 16.9. The Morgan fingerprint density at radius 2 is 2.17 bits per heavy atom. The van der Waals surface area contributed by atoms with Gasteiger partial charge in [-0.2, -0.15) is 0 Å². The number of benzene rings is 1. The van der Waals surface area contributed by atoms with Gasteiger partial charge in [0.1, 0.15) is 11.2 Å². The Morgan fingerprint density at radius 1 is 1.38 bits per heavy atom. The van der Waals surface area contributed by atoms with Crippen LogP contribution in [-0.2, 0) is 4.79 Å². The molecule has 7 heteroatoms. The fourth-order valence-electron chi connectivity index (χ4n) is 2.77. The van der Waals surface area contributed by atoms with Crippen molar-refractivity contribution in [2.45, 2.75) is 25.8 Å². The Bertz CT molecular complexity index is 795. The fraction of sp³-hybridized carbons (Fsp3) is 0.235. The number of halogens is 2. The molecule has 1 atom stereocenters. The van der Waals surface area contributed by atoms with Crippen molar-refractivity contribution in [1.29, 1.82) is 0 Å². The van der Waals surface area contributed by atoms with Gasteiger partial charge >= 0.3 is 0 Å². The van der Waals surface area contributed by atoms with E-state index in [0.717, 1.165) is 10.9 Å². The van der Waals surface area contributed by atoms with E-state index in [2.05, 4.69) is 26.2 Å². The highest BCUT2D eigenvalue weighted by Gasteiger charge is 2.37. The number of amides is 2. The predicted molar refractivity (Wildman–Crippen MR) is 97.5 cm³/mol. The summed E-state index contributed by atoms with van der Waals surface area (Å²) in [4.78, 5) is 31.1. The molecule has 0 aliphatic carbocycles. The predicted octanol–water partition coefficient (Wildman–Crippen LogP) is 4.27. The van der Waals surface area contributed by atoms with Crippen molar-refractivity contribution < 1.29 is 9.59 Å². The van der Waals surface area contributed by atoms with E-state index >= 15 is 0 Å². The van der Waals surface area contributed by atoms with Crippen molar-refractivity contribution in [2.24, 2.45) is 0 Å². The lowest BCUT2D eigenvalue weighted by Crippen LogP contribution is -2.51. The molecule has 24 heavy (non-hydrogen) atoms. The molecule has 1 aliphatic rings. The smallest absolute Gasteiger partial charge is 0.260 e. The molecule has 2 heterocycles. The molecule has 1 aromatic carbocycles. The molecule has 0 saturated carbocycles. The molecule has 2 amide bonds. The summed E-state index contributed by atoms with van der Waals surface area (Å²) in [5.41, 5.74) is 1.66. The van der Waals surface area contributed by atoms with Gasteiger partial charge in [0.25, 0.3) is 5.91 Å². The zero-order chi connectivity index (χ0) is 17.3. The van der Waals surface area contributed by atoms with Crippen LogP contribution in [0.2, 0.25) is 5.15 Å². The highest BCUT2D eigenvalue weighted by molar-refractivity contribution is 9.10. The molecule has 0 bridgehead atoms. The highest BCUT2D eigenvalue weighted by atomic mass is 79.9. The van der Waals surface area contributed by atoms with Crippen molar-refractivity contribution in [3.05, 3.63) is 51.7 Å². The topological polar surface area (TPSA) is 62.3 Å². The molecule has 124 valence electrons. The molecule has 0 fully saturated rings. The van der Waals surface area contributed by atoms with Gasteiger partial charge in [-0.15, -0.1) is 0 Å². The van der Waals surface area contributed by atoms with Crippen LogP contribution in [0, 0.1) is 0 Å². The number of nitrogens with zero attached hydrogens (tertiary/aromatic N) is 2. The van der Waals surface area contributed by atoms with E-state index in [0.29, 0.717) is 28.5 Å². The van der Waals surface area contributed by atoms with Crippen molar-refractivity contribution in [1.82, 2.24) is 4.98 Å². The number of rotatable bonds is 3. The summed E-state index contributed by atoms with van der Waals surface area (Å²) in [6, 6.07) is 8.05. The minimum atomic E-state index is -0.565. The van der Waals surface area contributed by atoms with E-state index < -0.39 is 6.04 Å². The van der Waals surface area contributed by atoms with Crippen LogP contribution in [0.25, 0.3) is 0 Å². The summed E-state index contributed by atoms with van der Waals surface area (Å²) in [5.74, 6) is -0.460. The highest BCUT2D eigenvalue weighted by Crippen LogP contribution is 2.40. The van der Waals surface area contributed by atoms with E-state index in [4.69, 9.17) is 11.6 Å². The van der Waals surface area contributed by atoms with E-state index in [-0.39, 0.29) is 11.8 Å². The maximum Gasteiger partial charge on any atom is 0.260 e. The molecule has 0 spiro atoms. The van der Waals surface area contributed by atoms with Crippen LogP contribution in [0.1, 0.15) is 30.1 Å². The summed E-state index contributed by atoms with van der Waals surface area (Å²) >= 11 is 9.29. The normalized spacial score (nSPS) is 16.5. The van der Waals surface area contributed by atoms with Crippen LogP contribution in [0.5, 0.6) is 0 Å². The lowest BCUT2D eigenvalue weighted by molar-refractivity contribution is -0.117. The first-order chi connectivity index (χ1) is 11.5. The third-order valence-corrected chi connectivity index (χ3v) is 4.72. The minimum absolute atomic E-state index is 0.183. The number of carbonyl (C=O) groups excluding carboxylic acids is 2. The molecular weight excluding hydrogens is 394 g/mol. The molecular formula is C17H15BrClN3O2. The van der Waals surface area contributed by atoms with Crippen LogP contribution >= 0.6 is 27.5 Å². The van der Waals surface area contributed by atoms with Gasteiger partial charge in [-0.1, -0.05) is 31.0 Å². The van der Waals surface area contributed by atoms with Crippen LogP contribution < -0.4 is 10.2 Å². The quantitative estimate of drug-likeness (QED) is 0.772. The fourth-order valence-corrected chi connectivity index (χ4v) is 3.44. The Hall–Kier alpha value is -1.92. The number of para-hydroxylation sites is 1. The molecule has 5 nitrogen and oxygen atoms in total. The molecule has 3 rings (SSSR count). The Morgan fingerprint density at radius 3 is 2.83 bits per heavy atom. The number of aromatic nitrogens is 1. The molecule has 0 saturated heterocycles. The number of hydrogen-bond donors (Lipinski definition) is 1. The number of carbonyl (C=O) groups is 2. The van der Waals surface area contributed by atoms with Gasteiger partial charge in [0.2, 0.25) is 5.91 Å². The van der Waals surface area contributed by atoms with Crippen molar-refractivity contribution in [2.75, 3.05) is 10.2 Å². The number of fused-ring (bicyclic) bond motifs is 1.